The number of aromatic nitrogens is 2. The van der Waals surface area contributed by atoms with E-state index in [2.05, 4.69) is 31.1 Å². The highest BCUT2D eigenvalue weighted by atomic mass is 16.3. The van der Waals surface area contributed by atoms with Crippen molar-refractivity contribution in [2.24, 2.45) is 12.5 Å². The molecule has 1 saturated carbocycles. The van der Waals surface area contributed by atoms with Crippen LogP contribution >= 0.6 is 0 Å². The maximum absolute atomic E-state index is 10.9. The third-order valence-electron chi connectivity index (χ3n) is 4.87. The fraction of sp³-hybridized carbons (Fsp3) is 0.588. The quantitative estimate of drug-likeness (QED) is 0.909. The van der Waals surface area contributed by atoms with E-state index < -0.39 is 5.60 Å². The van der Waals surface area contributed by atoms with Crippen molar-refractivity contribution in [3.05, 3.63) is 30.0 Å². The first-order valence-electron chi connectivity index (χ1n) is 7.52. The Bertz CT molecular complexity index is 617. The summed E-state index contributed by atoms with van der Waals surface area (Å²) in [4.78, 5) is 0. The van der Waals surface area contributed by atoms with Gasteiger partial charge < -0.3 is 5.11 Å². The Hall–Kier alpha value is -1.35. The van der Waals surface area contributed by atoms with Crippen LogP contribution in [0.1, 0.15) is 45.2 Å². The standard InChI is InChI=1S/C17H24N2O/c1-16(2)8-10-17(20,11-9-16)12-14-13-6-4-5-7-15(13)19(3)18-14/h4-7,20H,8-12H2,1-3H3. The second-order valence-corrected chi connectivity index (χ2v) is 7.15. The minimum absolute atomic E-state index is 0.373. The summed E-state index contributed by atoms with van der Waals surface area (Å²) in [5.74, 6) is 0. The highest BCUT2D eigenvalue weighted by Crippen LogP contribution is 2.41. The Balaban J connectivity index is 1.87. The van der Waals surface area contributed by atoms with Gasteiger partial charge in [0, 0.05) is 18.9 Å². The second-order valence-electron chi connectivity index (χ2n) is 7.15. The van der Waals surface area contributed by atoms with E-state index in [-0.39, 0.29) is 0 Å². The summed E-state index contributed by atoms with van der Waals surface area (Å²) in [6, 6.07) is 8.26. The van der Waals surface area contributed by atoms with Gasteiger partial charge in [-0.3, -0.25) is 4.68 Å². The molecule has 1 aliphatic carbocycles. The highest BCUT2D eigenvalue weighted by molar-refractivity contribution is 5.81. The number of aliphatic hydroxyl groups is 1. The minimum atomic E-state index is -0.577. The van der Waals surface area contributed by atoms with E-state index in [1.165, 1.54) is 5.39 Å². The van der Waals surface area contributed by atoms with E-state index in [4.69, 9.17) is 0 Å². The van der Waals surface area contributed by atoms with Crippen LogP contribution in [-0.4, -0.2) is 20.5 Å². The smallest absolute Gasteiger partial charge is 0.0731 e. The van der Waals surface area contributed by atoms with Crippen LogP contribution in [0.15, 0.2) is 24.3 Å². The summed E-state index contributed by atoms with van der Waals surface area (Å²) in [7, 11) is 1.97. The Labute approximate surface area is 120 Å². The molecule has 1 aromatic heterocycles. The van der Waals surface area contributed by atoms with Crippen LogP contribution in [0.3, 0.4) is 0 Å². The van der Waals surface area contributed by atoms with Gasteiger partial charge in [-0.2, -0.15) is 5.10 Å². The monoisotopic (exact) mass is 272 g/mol. The van der Waals surface area contributed by atoms with Crippen molar-refractivity contribution in [1.82, 2.24) is 9.78 Å². The number of nitrogens with zero attached hydrogens (tertiary/aromatic N) is 2. The highest BCUT2D eigenvalue weighted by Gasteiger charge is 2.37. The molecule has 0 unspecified atom stereocenters. The first-order valence-corrected chi connectivity index (χ1v) is 7.52. The Morgan fingerprint density at radius 3 is 2.50 bits per heavy atom. The maximum Gasteiger partial charge on any atom is 0.0731 e. The summed E-state index contributed by atoms with van der Waals surface area (Å²) < 4.78 is 1.92. The molecule has 0 spiro atoms. The van der Waals surface area contributed by atoms with E-state index in [9.17, 15) is 5.11 Å². The van der Waals surface area contributed by atoms with Gasteiger partial charge in [-0.1, -0.05) is 32.0 Å². The molecule has 1 aliphatic rings. The van der Waals surface area contributed by atoms with Gasteiger partial charge in [0.05, 0.1) is 16.8 Å². The summed E-state index contributed by atoms with van der Waals surface area (Å²) in [5, 5.41) is 16.7. The number of benzene rings is 1. The van der Waals surface area contributed by atoms with Gasteiger partial charge in [-0.15, -0.1) is 0 Å². The van der Waals surface area contributed by atoms with Gasteiger partial charge in [0.15, 0.2) is 0 Å². The van der Waals surface area contributed by atoms with Gasteiger partial charge in [-0.05, 0) is 37.2 Å². The van der Waals surface area contributed by atoms with Crippen molar-refractivity contribution in [2.45, 2.75) is 51.6 Å². The summed E-state index contributed by atoms with van der Waals surface area (Å²) in [6.07, 6.45) is 4.61. The van der Waals surface area contributed by atoms with Gasteiger partial charge in [0.1, 0.15) is 0 Å². The number of rotatable bonds is 2. The third kappa shape index (κ3) is 2.47. The number of para-hydroxylation sites is 1. The van der Waals surface area contributed by atoms with E-state index in [1.54, 1.807) is 0 Å². The predicted octanol–water partition coefficient (Wildman–Crippen LogP) is 3.45. The van der Waals surface area contributed by atoms with Crippen LogP contribution in [0.2, 0.25) is 0 Å². The normalized spacial score (nSPS) is 21.2. The first kappa shape index (κ1) is 13.6. The van der Waals surface area contributed by atoms with Gasteiger partial charge >= 0.3 is 0 Å². The zero-order valence-corrected chi connectivity index (χ0v) is 12.7. The van der Waals surface area contributed by atoms with E-state index >= 15 is 0 Å². The first-order chi connectivity index (χ1) is 9.39. The summed E-state index contributed by atoms with van der Waals surface area (Å²) in [6.45, 7) is 4.59. The Morgan fingerprint density at radius 1 is 1.15 bits per heavy atom. The number of hydrogen-bond donors (Lipinski definition) is 1. The SMILES string of the molecule is Cn1nc(CC2(O)CCC(C)(C)CC2)c2ccccc21. The molecule has 2 aromatic rings. The van der Waals surface area contributed by atoms with Crippen LogP contribution in [0.5, 0.6) is 0 Å². The van der Waals surface area contributed by atoms with Crippen LogP contribution in [0.25, 0.3) is 10.9 Å². The molecule has 1 aromatic carbocycles. The molecule has 0 saturated heterocycles. The lowest BCUT2D eigenvalue weighted by molar-refractivity contribution is -0.0256. The van der Waals surface area contributed by atoms with Crippen molar-refractivity contribution in [3.8, 4) is 0 Å². The number of aryl methyl sites for hydroxylation is 1. The Morgan fingerprint density at radius 2 is 1.80 bits per heavy atom. The number of fused-ring (bicyclic) bond motifs is 1. The second kappa shape index (κ2) is 4.59. The minimum Gasteiger partial charge on any atom is -0.389 e. The van der Waals surface area contributed by atoms with Crippen molar-refractivity contribution in [2.75, 3.05) is 0 Å². The lowest BCUT2D eigenvalue weighted by Gasteiger charge is -2.40. The molecule has 0 bridgehead atoms. The molecule has 1 heterocycles. The van der Waals surface area contributed by atoms with Crippen molar-refractivity contribution in [3.63, 3.8) is 0 Å². The summed E-state index contributed by atoms with van der Waals surface area (Å²) >= 11 is 0. The lowest BCUT2D eigenvalue weighted by Crippen LogP contribution is -2.38. The topological polar surface area (TPSA) is 38.0 Å². The van der Waals surface area contributed by atoms with Crippen molar-refractivity contribution >= 4 is 10.9 Å². The largest absolute Gasteiger partial charge is 0.389 e. The average molecular weight is 272 g/mol. The molecule has 1 N–H and O–H groups in total. The van der Waals surface area contributed by atoms with Crippen LogP contribution in [-0.2, 0) is 13.5 Å². The van der Waals surface area contributed by atoms with Gasteiger partial charge in [0.25, 0.3) is 0 Å². The summed E-state index contributed by atoms with van der Waals surface area (Å²) in [5.41, 5.74) is 1.97. The van der Waals surface area contributed by atoms with Crippen molar-refractivity contribution in [1.29, 1.82) is 0 Å². The Kier molecular flexibility index (Phi) is 3.13. The molecule has 3 nitrogen and oxygen atoms in total. The van der Waals surface area contributed by atoms with Gasteiger partial charge in [-0.25, -0.2) is 0 Å². The molecular weight excluding hydrogens is 248 g/mol. The fourth-order valence-electron chi connectivity index (χ4n) is 3.30. The molecule has 3 heteroatoms. The molecule has 108 valence electrons. The van der Waals surface area contributed by atoms with Crippen LogP contribution < -0.4 is 0 Å². The molecule has 0 aliphatic heterocycles. The molecule has 0 atom stereocenters. The number of hydrogen-bond acceptors (Lipinski definition) is 2. The van der Waals surface area contributed by atoms with E-state index in [0.717, 1.165) is 36.9 Å². The predicted molar refractivity (Wildman–Crippen MR) is 81.6 cm³/mol. The lowest BCUT2D eigenvalue weighted by atomic mass is 9.69. The van der Waals surface area contributed by atoms with Crippen LogP contribution in [0, 0.1) is 5.41 Å². The van der Waals surface area contributed by atoms with Crippen LogP contribution in [0.4, 0.5) is 0 Å². The third-order valence-corrected chi connectivity index (χ3v) is 4.87. The maximum atomic E-state index is 10.9. The molecule has 20 heavy (non-hydrogen) atoms. The zero-order valence-electron chi connectivity index (χ0n) is 12.7. The van der Waals surface area contributed by atoms with Gasteiger partial charge in [0.2, 0.25) is 0 Å². The molecule has 3 rings (SSSR count). The zero-order chi connectivity index (χ0) is 14.4. The molecule has 0 radical (unpaired) electrons. The van der Waals surface area contributed by atoms with E-state index in [0.29, 0.717) is 11.8 Å². The van der Waals surface area contributed by atoms with Crippen molar-refractivity contribution < 1.29 is 5.11 Å². The molecule has 0 amide bonds. The molecular formula is C17H24N2O. The fourth-order valence-corrected chi connectivity index (χ4v) is 3.30. The average Bonchev–Trinajstić information content (AvgIpc) is 2.71. The molecule has 1 fully saturated rings. The van der Waals surface area contributed by atoms with E-state index in [1.807, 2.05) is 23.9 Å².